The van der Waals surface area contributed by atoms with Gasteiger partial charge in [0, 0.05) is 19.5 Å². The highest BCUT2D eigenvalue weighted by Crippen LogP contribution is 2.25. The molecule has 2 rings (SSSR count). The van der Waals surface area contributed by atoms with Gasteiger partial charge < -0.3 is 14.7 Å². The molecule has 0 bridgehead atoms. The summed E-state index contributed by atoms with van der Waals surface area (Å²) in [6.45, 7) is 3.48. The molecule has 2 fully saturated rings. The number of carbonyl (C=O) groups is 2. The first kappa shape index (κ1) is 14.3. The van der Waals surface area contributed by atoms with Crippen LogP contribution in [0.25, 0.3) is 0 Å². The number of likely N-dealkylation sites (tertiary alicyclic amines) is 1. The van der Waals surface area contributed by atoms with E-state index in [1.807, 2.05) is 11.8 Å². The highest BCUT2D eigenvalue weighted by atomic mass is 16.5. The summed E-state index contributed by atoms with van der Waals surface area (Å²) < 4.78 is 5.62. The van der Waals surface area contributed by atoms with Crippen LogP contribution in [0.15, 0.2) is 0 Å². The summed E-state index contributed by atoms with van der Waals surface area (Å²) in [6, 6.07) is 0. The number of carbonyl (C=O) groups excluding carboxylic acids is 1. The van der Waals surface area contributed by atoms with Gasteiger partial charge in [-0.2, -0.15) is 0 Å². The van der Waals surface area contributed by atoms with Crippen molar-refractivity contribution in [3.8, 4) is 0 Å². The SMILES string of the molecule is C[C@@H]1CC[C@H](C(=O)N2CCC[C@@H](CCC(=O)O)C2)O1. The van der Waals surface area contributed by atoms with E-state index in [9.17, 15) is 9.59 Å². The van der Waals surface area contributed by atoms with Gasteiger partial charge in [0.1, 0.15) is 6.10 Å². The van der Waals surface area contributed by atoms with Gasteiger partial charge in [-0.3, -0.25) is 9.59 Å². The van der Waals surface area contributed by atoms with Crippen LogP contribution in [0, 0.1) is 5.92 Å². The van der Waals surface area contributed by atoms with Crippen molar-refractivity contribution in [2.24, 2.45) is 5.92 Å². The average molecular weight is 269 g/mol. The van der Waals surface area contributed by atoms with E-state index in [-0.39, 0.29) is 24.5 Å². The summed E-state index contributed by atoms with van der Waals surface area (Å²) in [5.74, 6) is -0.326. The van der Waals surface area contributed by atoms with Crippen LogP contribution < -0.4 is 0 Å². The fourth-order valence-corrected chi connectivity index (χ4v) is 3.02. The molecule has 0 aromatic heterocycles. The summed E-state index contributed by atoms with van der Waals surface area (Å²) in [5, 5.41) is 8.72. The Hall–Kier alpha value is -1.10. The molecule has 2 heterocycles. The standard InChI is InChI=1S/C14H23NO4/c1-10-4-6-12(19-10)14(18)15-8-2-3-11(9-15)5-7-13(16)17/h10-12H,2-9H2,1H3,(H,16,17)/t10-,11+,12-/m1/s1. The fraction of sp³-hybridized carbons (Fsp3) is 0.857. The van der Waals surface area contributed by atoms with E-state index in [4.69, 9.17) is 9.84 Å². The minimum Gasteiger partial charge on any atom is -0.481 e. The van der Waals surface area contributed by atoms with Crippen LogP contribution in [0.3, 0.4) is 0 Å². The van der Waals surface area contributed by atoms with Crippen molar-refractivity contribution in [3.05, 3.63) is 0 Å². The molecule has 1 N–H and O–H groups in total. The number of nitrogens with zero attached hydrogens (tertiary/aromatic N) is 1. The number of piperidine rings is 1. The Morgan fingerprint density at radius 2 is 2.11 bits per heavy atom. The summed E-state index contributed by atoms with van der Waals surface area (Å²) in [7, 11) is 0. The molecule has 0 radical (unpaired) electrons. The normalized spacial score (nSPS) is 31.4. The van der Waals surface area contributed by atoms with Crippen LogP contribution in [0.2, 0.25) is 0 Å². The van der Waals surface area contributed by atoms with Gasteiger partial charge in [0.2, 0.25) is 0 Å². The van der Waals surface area contributed by atoms with Gasteiger partial charge >= 0.3 is 5.97 Å². The molecule has 2 aliphatic heterocycles. The zero-order chi connectivity index (χ0) is 13.8. The molecule has 5 heteroatoms. The van der Waals surface area contributed by atoms with Crippen molar-refractivity contribution in [2.45, 2.75) is 57.7 Å². The number of rotatable bonds is 4. The number of aliphatic carboxylic acids is 1. The molecule has 2 saturated heterocycles. The van der Waals surface area contributed by atoms with E-state index in [1.54, 1.807) is 0 Å². The Kier molecular flexibility index (Phi) is 4.80. The molecule has 0 saturated carbocycles. The van der Waals surface area contributed by atoms with Crippen LogP contribution >= 0.6 is 0 Å². The first-order valence-corrected chi connectivity index (χ1v) is 7.22. The lowest BCUT2D eigenvalue weighted by Gasteiger charge is -2.34. The molecule has 108 valence electrons. The molecule has 5 nitrogen and oxygen atoms in total. The monoisotopic (exact) mass is 269 g/mol. The van der Waals surface area contributed by atoms with E-state index in [1.165, 1.54) is 0 Å². The number of carboxylic acids is 1. The lowest BCUT2D eigenvalue weighted by atomic mass is 9.93. The first-order valence-electron chi connectivity index (χ1n) is 7.22. The van der Waals surface area contributed by atoms with E-state index >= 15 is 0 Å². The van der Waals surface area contributed by atoms with Crippen molar-refractivity contribution in [3.63, 3.8) is 0 Å². The van der Waals surface area contributed by atoms with Gasteiger partial charge in [0.05, 0.1) is 6.10 Å². The molecule has 0 aliphatic carbocycles. The Morgan fingerprint density at radius 3 is 2.74 bits per heavy atom. The van der Waals surface area contributed by atoms with E-state index in [2.05, 4.69) is 0 Å². The van der Waals surface area contributed by atoms with Gasteiger partial charge in [-0.25, -0.2) is 0 Å². The molecular formula is C14H23NO4. The lowest BCUT2D eigenvalue weighted by Crippen LogP contribution is -2.45. The Morgan fingerprint density at radius 1 is 1.32 bits per heavy atom. The highest BCUT2D eigenvalue weighted by molar-refractivity contribution is 5.81. The molecule has 0 unspecified atom stereocenters. The second-order valence-electron chi connectivity index (χ2n) is 5.74. The number of hydrogen-bond acceptors (Lipinski definition) is 3. The Labute approximate surface area is 113 Å². The topological polar surface area (TPSA) is 66.8 Å². The predicted molar refractivity (Wildman–Crippen MR) is 69.7 cm³/mol. The maximum Gasteiger partial charge on any atom is 0.303 e. The predicted octanol–water partition coefficient (Wildman–Crippen LogP) is 1.66. The largest absolute Gasteiger partial charge is 0.481 e. The minimum absolute atomic E-state index is 0.101. The molecule has 3 atom stereocenters. The summed E-state index contributed by atoms with van der Waals surface area (Å²) in [4.78, 5) is 24.8. The Bertz CT molecular complexity index is 344. The average Bonchev–Trinajstić information content (AvgIpc) is 2.82. The van der Waals surface area contributed by atoms with Gasteiger partial charge in [0.25, 0.3) is 5.91 Å². The van der Waals surface area contributed by atoms with E-state index < -0.39 is 5.97 Å². The summed E-state index contributed by atoms with van der Waals surface area (Å²) in [6.07, 6.45) is 4.54. The fourth-order valence-electron chi connectivity index (χ4n) is 3.02. The third-order valence-corrected chi connectivity index (χ3v) is 4.10. The number of hydrogen-bond donors (Lipinski definition) is 1. The number of carboxylic acid groups (broad SMARTS) is 1. The third kappa shape index (κ3) is 3.93. The maximum atomic E-state index is 12.3. The molecular weight excluding hydrogens is 246 g/mol. The van der Waals surface area contributed by atoms with Crippen LogP contribution in [-0.2, 0) is 14.3 Å². The van der Waals surface area contributed by atoms with Gasteiger partial charge in [0.15, 0.2) is 0 Å². The van der Waals surface area contributed by atoms with Crippen LogP contribution in [-0.4, -0.2) is 47.2 Å². The van der Waals surface area contributed by atoms with Gasteiger partial charge in [-0.05, 0) is 44.9 Å². The quantitative estimate of drug-likeness (QED) is 0.843. The zero-order valence-corrected chi connectivity index (χ0v) is 11.5. The highest BCUT2D eigenvalue weighted by Gasteiger charge is 2.33. The number of ether oxygens (including phenoxy) is 1. The van der Waals surface area contributed by atoms with Crippen molar-refractivity contribution in [1.82, 2.24) is 4.90 Å². The van der Waals surface area contributed by atoms with Gasteiger partial charge in [-0.1, -0.05) is 0 Å². The third-order valence-electron chi connectivity index (χ3n) is 4.10. The summed E-state index contributed by atoms with van der Waals surface area (Å²) in [5.41, 5.74) is 0. The number of amides is 1. The molecule has 0 aromatic rings. The lowest BCUT2D eigenvalue weighted by molar-refractivity contribution is -0.144. The Balaban J connectivity index is 1.83. The second kappa shape index (κ2) is 6.37. The van der Waals surface area contributed by atoms with Gasteiger partial charge in [-0.15, -0.1) is 0 Å². The molecule has 0 spiro atoms. The summed E-state index contributed by atoms with van der Waals surface area (Å²) >= 11 is 0. The van der Waals surface area contributed by atoms with Crippen molar-refractivity contribution in [1.29, 1.82) is 0 Å². The van der Waals surface area contributed by atoms with Crippen molar-refractivity contribution < 1.29 is 19.4 Å². The maximum absolute atomic E-state index is 12.3. The smallest absolute Gasteiger partial charge is 0.303 e. The second-order valence-corrected chi connectivity index (χ2v) is 5.74. The zero-order valence-electron chi connectivity index (χ0n) is 11.5. The van der Waals surface area contributed by atoms with Crippen molar-refractivity contribution >= 4 is 11.9 Å². The molecule has 0 aromatic carbocycles. The van der Waals surface area contributed by atoms with Crippen molar-refractivity contribution in [2.75, 3.05) is 13.1 Å². The van der Waals surface area contributed by atoms with E-state index in [0.29, 0.717) is 18.9 Å². The molecule has 1 amide bonds. The first-order chi connectivity index (χ1) is 9.06. The molecule has 19 heavy (non-hydrogen) atoms. The van der Waals surface area contributed by atoms with Crippen LogP contribution in [0.5, 0.6) is 0 Å². The molecule has 2 aliphatic rings. The van der Waals surface area contributed by atoms with E-state index in [0.717, 1.165) is 32.2 Å². The van der Waals surface area contributed by atoms with Crippen LogP contribution in [0.1, 0.15) is 45.4 Å². The minimum atomic E-state index is -0.753. The van der Waals surface area contributed by atoms with Crippen LogP contribution in [0.4, 0.5) is 0 Å².